The van der Waals surface area contributed by atoms with E-state index in [4.69, 9.17) is 4.74 Å². The van der Waals surface area contributed by atoms with Crippen LogP contribution in [-0.4, -0.2) is 76.7 Å². The molecule has 1 aliphatic heterocycles. The number of carbonyl (C=O) groups is 1. The summed E-state index contributed by atoms with van der Waals surface area (Å²) >= 11 is 0. The molecule has 2 N–H and O–H groups in total. The number of hydrogen-bond donors (Lipinski definition) is 2. The van der Waals surface area contributed by atoms with Crippen LogP contribution in [0.15, 0.2) is 29.2 Å². The molecule has 1 aromatic carbocycles. The molecule has 0 bridgehead atoms. The number of nitrogens with zero attached hydrogens (tertiary/aromatic N) is 2. The first-order valence-electron chi connectivity index (χ1n) is 9.42. The predicted molar refractivity (Wildman–Crippen MR) is 105 cm³/mol. The zero-order valence-corrected chi connectivity index (χ0v) is 16.9. The minimum atomic E-state index is -3.55. The van der Waals surface area contributed by atoms with Crippen LogP contribution in [-0.2, 0) is 14.8 Å². The number of hydrogen-bond acceptors (Lipinski definition) is 5. The predicted octanol–water partition coefficient (Wildman–Crippen LogP) is 1.56. The Labute approximate surface area is 161 Å². The topological polar surface area (TPSA) is 91.0 Å². The second-order valence-electron chi connectivity index (χ2n) is 6.33. The van der Waals surface area contributed by atoms with Gasteiger partial charge in [0.05, 0.1) is 18.1 Å². The van der Waals surface area contributed by atoms with E-state index in [2.05, 4.69) is 14.9 Å². The molecule has 0 aromatic heterocycles. The van der Waals surface area contributed by atoms with E-state index in [-0.39, 0.29) is 10.9 Å². The Kier molecular flexibility index (Phi) is 8.49. The number of nitrogens with one attached hydrogen (secondary N) is 2. The molecule has 8 nitrogen and oxygen atoms in total. The zero-order chi connectivity index (χ0) is 19.7. The van der Waals surface area contributed by atoms with Gasteiger partial charge in [0.2, 0.25) is 10.0 Å². The number of rotatable bonds is 9. The number of amides is 2. The number of ether oxygens (including phenoxy) is 1. The summed E-state index contributed by atoms with van der Waals surface area (Å²) in [5.41, 5.74) is 0.568. The maximum Gasteiger partial charge on any atom is 0.321 e. The first kappa shape index (κ1) is 21.6. The molecule has 1 aromatic rings. The van der Waals surface area contributed by atoms with Gasteiger partial charge in [-0.3, -0.25) is 4.90 Å². The first-order valence-corrected chi connectivity index (χ1v) is 10.9. The summed E-state index contributed by atoms with van der Waals surface area (Å²) in [7, 11) is -3.55. The van der Waals surface area contributed by atoms with Gasteiger partial charge in [-0.1, -0.05) is 0 Å². The minimum absolute atomic E-state index is 0.190. The van der Waals surface area contributed by atoms with Crippen molar-refractivity contribution in [3.8, 4) is 0 Å². The van der Waals surface area contributed by atoms with Gasteiger partial charge >= 0.3 is 6.03 Å². The van der Waals surface area contributed by atoms with E-state index in [0.29, 0.717) is 25.3 Å². The number of anilines is 1. The molecule has 1 heterocycles. The van der Waals surface area contributed by atoms with Crippen LogP contribution >= 0.6 is 0 Å². The van der Waals surface area contributed by atoms with Crippen LogP contribution in [0.25, 0.3) is 0 Å². The van der Waals surface area contributed by atoms with E-state index in [9.17, 15) is 13.2 Å². The Morgan fingerprint density at radius 1 is 1.15 bits per heavy atom. The van der Waals surface area contributed by atoms with Gasteiger partial charge in [0.1, 0.15) is 0 Å². The van der Waals surface area contributed by atoms with Gasteiger partial charge in [0, 0.05) is 38.4 Å². The van der Waals surface area contributed by atoms with Gasteiger partial charge in [-0.25, -0.2) is 17.9 Å². The quantitative estimate of drug-likeness (QED) is 0.616. The van der Waals surface area contributed by atoms with Crippen molar-refractivity contribution >= 4 is 21.7 Å². The fraction of sp³-hybridized carbons (Fsp3) is 0.611. The average Bonchev–Trinajstić information content (AvgIpc) is 2.67. The standard InChI is InChI=1S/C18H30N4O4S/c1-3-22(4-2)18(23)20-16-6-8-17(9-7-16)27(24,25)19-10-5-11-21-12-14-26-15-13-21/h6-9,19H,3-5,10-15H2,1-2H3,(H,20,23). The molecule has 2 amide bonds. The molecule has 0 atom stereocenters. The second-order valence-corrected chi connectivity index (χ2v) is 8.10. The third-order valence-electron chi connectivity index (χ3n) is 4.51. The van der Waals surface area contributed by atoms with Crippen molar-refractivity contribution in [3.05, 3.63) is 24.3 Å². The third-order valence-corrected chi connectivity index (χ3v) is 5.99. The second kappa shape index (κ2) is 10.6. The van der Waals surface area contributed by atoms with Gasteiger partial charge in [-0.05, 0) is 51.1 Å². The number of urea groups is 1. The van der Waals surface area contributed by atoms with Gasteiger partial charge < -0.3 is 15.0 Å². The molecule has 1 saturated heterocycles. The summed E-state index contributed by atoms with van der Waals surface area (Å²) in [6, 6.07) is 6.01. The number of morpholine rings is 1. The molecule has 27 heavy (non-hydrogen) atoms. The molecule has 2 rings (SSSR count). The number of benzene rings is 1. The Bertz CT molecular complexity index is 684. The van der Waals surface area contributed by atoms with E-state index in [1.807, 2.05) is 13.8 Å². The van der Waals surface area contributed by atoms with Crippen molar-refractivity contribution in [1.29, 1.82) is 0 Å². The first-order chi connectivity index (χ1) is 13.0. The molecule has 1 aliphatic rings. The fourth-order valence-electron chi connectivity index (χ4n) is 2.85. The highest BCUT2D eigenvalue weighted by Crippen LogP contribution is 2.14. The lowest BCUT2D eigenvalue weighted by Crippen LogP contribution is -2.38. The van der Waals surface area contributed by atoms with Crippen LogP contribution in [0.4, 0.5) is 10.5 Å². The SMILES string of the molecule is CCN(CC)C(=O)Nc1ccc(S(=O)(=O)NCCCN2CCOCC2)cc1. The van der Waals surface area contributed by atoms with Crippen LogP contribution in [0, 0.1) is 0 Å². The summed E-state index contributed by atoms with van der Waals surface area (Å²) < 4.78 is 32.7. The monoisotopic (exact) mass is 398 g/mol. The van der Waals surface area contributed by atoms with Crippen LogP contribution in [0.2, 0.25) is 0 Å². The average molecular weight is 399 g/mol. The lowest BCUT2D eigenvalue weighted by atomic mass is 10.3. The highest BCUT2D eigenvalue weighted by atomic mass is 32.2. The maximum atomic E-state index is 12.4. The summed E-state index contributed by atoms with van der Waals surface area (Å²) in [6.07, 6.45) is 0.747. The van der Waals surface area contributed by atoms with Crippen LogP contribution < -0.4 is 10.0 Å². The fourth-order valence-corrected chi connectivity index (χ4v) is 3.92. The highest BCUT2D eigenvalue weighted by molar-refractivity contribution is 7.89. The Morgan fingerprint density at radius 2 is 1.78 bits per heavy atom. The van der Waals surface area contributed by atoms with Crippen molar-refractivity contribution in [2.75, 3.05) is 57.8 Å². The molecule has 0 radical (unpaired) electrons. The molecule has 0 aliphatic carbocycles. The van der Waals surface area contributed by atoms with Crippen molar-refractivity contribution in [1.82, 2.24) is 14.5 Å². The summed E-state index contributed by atoms with van der Waals surface area (Å²) in [5.74, 6) is 0. The van der Waals surface area contributed by atoms with E-state index in [1.165, 1.54) is 12.1 Å². The van der Waals surface area contributed by atoms with Gasteiger partial charge in [0.25, 0.3) is 0 Å². The normalized spacial score (nSPS) is 15.5. The van der Waals surface area contributed by atoms with E-state index >= 15 is 0 Å². The van der Waals surface area contributed by atoms with Crippen molar-refractivity contribution in [3.63, 3.8) is 0 Å². The van der Waals surface area contributed by atoms with Crippen LogP contribution in [0.3, 0.4) is 0 Å². The Hall–Kier alpha value is -1.68. The Balaban J connectivity index is 1.82. The smallest absolute Gasteiger partial charge is 0.321 e. The maximum absolute atomic E-state index is 12.4. The highest BCUT2D eigenvalue weighted by Gasteiger charge is 2.15. The zero-order valence-electron chi connectivity index (χ0n) is 16.1. The molecule has 9 heteroatoms. The van der Waals surface area contributed by atoms with Crippen molar-refractivity contribution in [2.24, 2.45) is 0 Å². The summed E-state index contributed by atoms with van der Waals surface area (Å²) in [5, 5.41) is 2.77. The van der Waals surface area contributed by atoms with Crippen molar-refractivity contribution in [2.45, 2.75) is 25.2 Å². The Morgan fingerprint density at radius 3 is 2.37 bits per heavy atom. The van der Waals surface area contributed by atoms with Crippen LogP contribution in [0.5, 0.6) is 0 Å². The van der Waals surface area contributed by atoms with E-state index in [0.717, 1.165) is 39.3 Å². The molecular weight excluding hydrogens is 368 g/mol. The van der Waals surface area contributed by atoms with Crippen LogP contribution in [0.1, 0.15) is 20.3 Å². The molecule has 1 fully saturated rings. The number of sulfonamides is 1. The molecule has 0 spiro atoms. The lowest BCUT2D eigenvalue weighted by Gasteiger charge is -2.26. The van der Waals surface area contributed by atoms with E-state index in [1.54, 1.807) is 17.0 Å². The van der Waals surface area contributed by atoms with Crippen molar-refractivity contribution < 1.29 is 17.9 Å². The molecule has 0 unspecified atom stereocenters. The third kappa shape index (κ3) is 6.76. The van der Waals surface area contributed by atoms with Gasteiger partial charge in [-0.2, -0.15) is 0 Å². The molecule has 152 valence electrons. The summed E-state index contributed by atoms with van der Waals surface area (Å²) in [6.45, 7) is 9.55. The molecular formula is C18H30N4O4S. The van der Waals surface area contributed by atoms with E-state index < -0.39 is 10.0 Å². The summed E-state index contributed by atoms with van der Waals surface area (Å²) in [4.78, 5) is 16.1. The largest absolute Gasteiger partial charge is 0.379 e. The lowest BCUT2D eigenvalue weighted by molar-refractivity contribution is 0.0376. The molecule has 0 saturated carbocycles. The van der Waals surface area contributed by atoms with Gasteiger partial charge in [0.15, 0.2) is 0 Å². The van der Waals surface area contributed by atoms with Gasteiger partial charge in [-0.15, -0.1) is 0 Å². The number of carbonyl (C=O) groups excluding carboxylic acids is 1. The minimum Gasteiger partial charge on any atom is -0.379 e.